The molecule has 0 fully saturated rings. The molecule has 0 saturated heterocycles. The number of halogens is 1. The summed E-state index contributed by atoms with van der Waals surface area (Å²) < 4.78 is 0. The maximum atomic E-state index is 10.6. The predicted molar refractivity (Wildman–Crippen MR) is 65.6 cm³/mol. The molecule has 1 aromatic carbocycles. The molecule has 0 unspecified atom stereocenters. The molecule has 84 valence electrons. The Labute approximate surface area is 101 Å². The molecular weight excluding hydrogens is 252 g/mol. The molecule has 8 heteroatoms. The van der Waals surface area contributed by atoms with Crippen LogP contribution in [0.5, 0.6) is 0 Å². The number of benzene rings is 1. The molecule has 0 aliphatic carbocycles. The number of hydrogen-bond acceptors (Lipinski definition) is 4. The summed E-state index contributed by atoms with van der Waals surface area (Å²) in [6, 6.07) is 4.30. The summed E-state index contributed by atoms with van der Waals surface area (Å²) in [6.45, 7) is 0. The first-order chi connectivity index (χ1) is 7.50. The number of nitro groups is 1. The minimum absolute atomic E-state index is 0.0136. The zero-order valence-corrected chi connectivity index (χ0v) is 9.46. The third-order valence-corrected chi connectivity index (χ3v) is 1.97. The van der Waals surface area contributed by atoms with Gasteiger partial charge in [0.05, 0.1) is 11.1 Å². The van der Waals surface area contributed by atoms with E-state index in [0.29, 0.717) is 5.56 Å². The van der Waals surface area contributed by atoms with E-state index in [4.69, 9.17) is 17.3 Å². The summed E-state index contributed by atoms with van der Waals surface area (Å²) in [5.41, 5.74) is 7.80. The molecule has 1 aromatic rings. The van der Waals surface area contributed by atoms with Crippen LogP contribution >= 0.6 is 23.8 Å². The number of hydrazone groups is 1. The Morgan fingerprint density at radius 2 is 2.38 bits per heavy atom. The van der Waals surface area contributed by atoms with E-state index in [1.54, 1.807) is 6.07 Å². The summed E-state index contributed by atoms with van der Waals surface area (Å²) in [5.74, 6) is 0. The molecule has 0 saturated carbocycles. The molecule has 6 nitrogen and oxygen atoms in total. The van der Waals surface area contributed by atoms with Gasteiger partial charge in [-0.15, -0.1) is 0 Å². The standard InChI is InChI=1S/C8H7ClN4O2S/c9-6-2-1-5(3-7(6)13(14)15)4-11-12-8(10)16/h1-4H,(H3,10,12,16). The van der Waals surface area contributed by atoms with Crippen LogP contribution in [0.4, 0.5) is 5.69 Å². The molecule has 0 bridgehead atoms. The van der Waals surface area contributed by atoms with Crippen LogP contribution in [0.25, 0.3) is 0 Å². The Kier molecular flexibility index (Phi) is 4.15. The van der Waals surface area contributed by atoms with E-state index < -0.39 is 4.92 Å². The van der Waals surface area contributed by atoms with Crippen LogP contribution < -0.4 is 11.2 Å². The Morgan fingerprint density at radius 1 is 1.69 bits per heavy atom. The summed E-state index contributed by atoms with van der Waals surface area (Å²) in [5, 5.41) is 14.3. The number of nitrogens with zero attached hydrogens (tertiary/aromatic N) is 2. The minimum atomic E-state index is -0.569. The Hall–Kier alpha value is -1.73. The third-order valence-electron chi connectivity index (χ3n) is 1.56. The van der Waals surface area contributed by atoms with Crippen molar-refractivity contribution in [3.63, 3.8) is 0 Å². The van der Waals surface area contributed by atoms with Gasteiger partial charge < -0.3 is 5.73 Å². The molecule has 0 spiro atoms. The molecule has 0 aliphatic heterocycles. The van der Waals surface area contributed by atoms with Crippen LogP contribution in [-0.2, 0) is 0 Å². The van der Waals surface area contributed by atoms with Crippen LogP contribution in [0.1, 0.15) is 5.56 Å². The van der Waals surface area contributed by atoms with Crippen molar-refractivity contribution in [2.24, 2.45) is 10.8 Å². The number of nitrogens with two attached hydrogens (primary N) is 1. The Morgan fingerprint density at radius 3 is 2.94 bits per heavy atom. The van der Waals surface area contributed by atoms with Gasteiger partial charge in [-0.25, -0.2) is 0 Å². The molecule has 0 radical (unpaired) electrons. The fourth-order valence-corrected chi connectivity index (χ4v) is 1.16. The van der Waals surface area contributed by atoms with E-state index in [-0.39, 0.29) is 15.8 Å². The lowest BCUT2D eigenvalue weighted by Gasteiger charge is -1.97. The molecule has 0 atom stereocenters. The van der Waals surface area contributed by atoms with E-state index in [2.05, 4.69) is 22.7 Å². The molecular formula is C8H7ClN4O2S. The fourth-order valence-electron chi connectivity index (χ4n) is 0.920. The SMILES string of the molecule is NC(=S)NN=Cc1ccc(Cl)c([N+](=O)[O-])c1. The minimum Gasteiger partial charge on any atom is -0.375 e. The van der Waals surface area contributed by atoms with Crippen LogP contribution in [-0.4, -0.2) is 16.3 Å². The van der Waals surface area contributed by atoms with Gasteiger partial charge in [-0.05, 0) is 18.3 Å². The van der Waals surface area contributed by atoms with Crippen molar-refractivity contribution in [1.82, 2.24) is 5.43 Å². The maximum Gasteiger partial charge on any atom is 0.288 e. The first-order valence-electron chi connectivity index (χ1n) is 4.03. The highest BCUT2D eigenvalue weighted by Crippen LogP contribution is 2.24. The molecule has 0 aromatic heterocycles. The van der Waals surface area contributed by atoms with Gasteiger partial charge >= 0.3 is 0 Å². The van der Waals surface area contributed by atoms with Crippen molar-refractivity contribution in [2.75, 3.05) is 0 Å². The molecule has 1 rings (SSSR count). The van der Waals surface area contributed by atoms with Crippen LogP contribution in [0.2, 0.25) is 5.02 Å². The van der Waals surface area contributed by atoms with Crippen molar-refractivity contribution in [3.8, 4) is 0 Å². The second kappa shape index (κ2) is 5.38. The molecule has 16 heavy (non-hydrogen) atoms. The highest BCUT2D eigenvalue weighted by molar-refractivity contribution is 7.80. The highest BCUT2D eigenvalue weighted by atomic mass is 35.5. The highest BCUT2D eigenvalue weighted by Gasteiger charge is 2.11. The lowest BCUT2D eigenvalue weighted by molar-refractivity contribution is -0.384. The van der Waals surface area contributed by atoms with E-state index in [9.17, 15) is 10.1 Å². The largest absolute Gasteiger partial charge is 0.375 e. The number of rotatable bonds is 3. The monoisotopic (exact) mass is 258 g/mol. The van der Waals surface area contributed by atoms with Crippen molar-refractivity contribution < 1.29 is 4.92 Å². The lowest BCUT2D eigenvalue weighted by Crippen LogP contribution is -2.23. The Balaban J connectivity index is 2.91. The summed E-state index contributed by atoms with van der Waals surface area (Å²) >= 11 is 10.2. The van der Waals surface area contributed by atoms with Gasteiger partial charge in [0, 0.05) is 11.6 Å². The average Bonchev–Trinajstić information content (AvgIpc) is 2.19. The predicted octanol–water partition coefficient (Wildman–Crippen LogP) is 1.42. The number of hydrogen-bond donors (Lipinski definition) is 2. The van der Waals surface area contributed by atoms with E-state index >= 15 is 0 Å². The first-order valence-corrected chi connectivity index (χ1v) is 4.82. The van der Waals surface area contributed by atoms with Gasteiger partial charge in [0.1, 0.15) is 5.02 Å². The summed E-state index contributed by atoms with van der Waals surface area (Å²) in [4.78, 5) is 10.0. The molecule has 0 heterocycles. The van der Waals surface area contributed by atoms with Crippen molar-refractivity contribution in [2.45, 2.75) is 0 Å². The zero-order chi connectivity index (χ0) is 12.1. The maximum absolute atomic E-state index is 10.6. The first kappa shape index (κ1) is 12.3. The summed E-state index contributed by atoms with van der Waals surface area (Å²) in [6.07, 6.45) is 1.35. The molecule has 3 N–H and O–H groups in total. The van der Waals surface area contributed by atoms with Crippen molar-refractivity contribution in [1.29, 1.82) is 0 Å². The number of thiocarbonyl (C=S) groups is 1. The topological polar surface area (TPSA) is 93.5 Å². The van der Waals surface area contributed by atoms with Gasteiger partial charge in [0.2, 0.25) is 0 Å². The van der Waals surface area contributed by atoms with Gasteiger partial charge in [0.15, 0.2) is 5.11 Å². The number of nitro benzene ring substituents is 1. The van der Waals surface area contributed by atoms with Gasteiger partial charge in [-0.1, -0.05) is 17.7 Å². The number of nitrogens with one attached hydrogen (secondary N) is 1. The van der Waals surface area contributed by atoms with Crippen LogP contribution in [0.3, 0.4) is 0 Å². The molecule has 0 aliphatic rings. The van der Waals surface area contributed by atoms with E-state index in [0.717, 1.165) is 0 Å². The van der Waals surface area contributed by atoms with Gasteiger partial charge in [0.25, 0.3) is 5.69 Å². The third kappa shape index (κ3) is 3.44. The fraction of sp³-hybridized carbons (Fsp3) is 0. The second-order valence-electron chi connectivity index (χ2n) is 2.70. The normalized spacial score (nSPS) is 10.3. The Bertz CT molecular complexity index is 463. The lowest BCUT2D eigenvalue weighted by atomic mass is 10.2. The van der Waals surface area contributed by atoms with Gasteiger partial charge in [-0.2, -0.15) is 5.10 Å². The van der Waals surface area contributed by atoms with E-state index in [1.165, 1.54) is 18.3 Å². The van der Waals surface area contributed by atoms with Crippen LogP contribution in [0, 0.1) is 10.1 Å². The van der Waals surface area contributed by atoms with Crippen LogP contribution in [0.15, 0.2) is 23.3 Å². The van der Waals surface area contributed by atoms with Gasteiger partial charge in [-0.3, -0.25) is 15.5 Å². The second-order valence-corrected chi connectivity index (χ2v) is 3.55. The smallest absolute Gasteiger partial charge is 0.288 e. The average molecular weight is 259 g/mol. The van der Waals surface area contributed by atoms with E-state index in [1.807, 2.05) is 0 Å². The summed E-state index contributed by atoms with van der Waals surface area (Å²) in [7, 11) is 0. The van der Waals surface area contributed by atoms with Crippen molar-refractivity contribution in [3.05, 3.63) is 38.9 Å². The molecule has 0 amide bonds. The van der Waals surface area contributed by atoms with Crippen molar-refractivity contribution >= 4 is 40.8 Å². The quantitative estimate of drug-likeness (QED) is 0.370. The zero-order valence-electron chi connectivity index (χ0n) is 7.88.